The number of amides is 1. The van der Waals surface area contributed by atoms with Crippen LogP contribution in [0.2, 0.25) is 0 Å². The van der Waals surface area contributed by atoms with Gasteiger partial charge in [-0.2, -0.15) is 0 Å². The zero-order chi connectivity index (χ0) is 12.8. The smallest absolute Gasteiger partial charge is 0.407 e. The molecule has 1 atom stereocenters. The Kier molecular flexibility index (Phi) is 5.01. The zero-order valence-corrected chi connectivity index (χ0v) is 11.0. The van der Waals surface area contributed by atoms with Crippen molar-refractivity contribution >= 4 is 6.09 Å². The average Bonchev–Trinajstić information content (AvgIpc) is 2.19. The van der Waals surface area contributed by atoms with Gasteiger partial charge in [-0.1, -0.05) is 29.8 Å². The average molecular weight is 235 g/mol. The molecule has 1 N–H and O–H groups in total. The fraction of sp³-hybridized carbons (Fsp3) is 0.500. The third-order valence-corrected chi connectivity index (χ3v) is 2.37. The molecule has 17 heavy (non-hydrogen) atoms. The van der Waals surface area contributed by atoms with Crippen molar-refractivity contribution in [1.82, 2.24) is 5.32 Å². The Labute approximate surface area is 103 Å². The maximum Gasteiger partial charge on any atom is 0.407 e. The van der Waals surface area contributed by atoms with Gasteiger partial charge in [-0.3, -0.25) is 0 Å². The van der Waals surface area contributed by atoms with Crippen LogP contribution in [0.5, 0.6) is 0 Å². The summed E-state index contributed by atoms with van der Waals surface area (Å²) in [5, 5.41) is 2.81. The second-order valence-corrected chi connectivity index (χ2v) is 4.69. The Morgan fingerprint density at radius 1 is 1.24 bits per heavy atom. The maximum atomic E-state index is 11.4. The van der Waals surface area contributed by atoms with Crippen molar-refractivity contribution in [1.29, 1.82) is 0 Å². The molecule has 0 aromatic heterocycles. The summed E-state index contributed by atoms with van der Waals surface area (Å²) in [5.74, 6) is 0. The number of hydrogen-bond donors (Lipinski definition) is 1. The molecule has 0 heterocycles. The molecule has 1 unspecified atom stereocenters. The molecule has 1 aromatic rings. The molecule has 0 saturated heterocycles. The highest BCUT2D eigenvalue weighted by molar-refractivity contribution is 5.67. The number of benzene rings is 1. The van der Waals surface area contributed by atoms with Gasteiger partial charge in [0.2, 0.25) is 0 Å². The molecule has 3 nitrogen and oxygen atoms in total. The largest absolute Gasteiger partial charge is 0.447 e. The first-order chi connectivity index (χ1) is 7.97. The number of carbonyl (C=O) groups excluding carboxylic acids is 1. The number of nitrogens with one attached hydrogen (secondary N) is 1. The molecule has 0 bridgehead atoms. The molecule has 0 aliphatic heterocycles. The number of ether oxygens (including phenoxy) is 1. The molecule has 94 valence electrons. The molecular formula is C14H21NO2. The van der Waals surface area contributed by atoms with E-state index in [2.05, 4.69) is 36.5 Å². The van der Waals surface area contributed by atoms with Gasteiger partial charge in [0.1, 0.15) is 0 Å². The third kappa shape index (κ3) is 5.38. The van der Waals surface area contributed by atoms with E-state index in [4.69, 9.17) is 4.74 Å². The van der Waals surface area contributed by atoms with Gasteiger partial charge in [-0.15, -0.1) is 0 Å². The molecule has 0 fully saturated rings. The van der Waals surface area contributed by atoms with E-state index in [9.17, 15) is 4.79 Å². The van der Waals surface area contributed by atoms with Gasteiger partial charge in [0.25, 0.3) is 0 Å². The molecule has 0 radical (unpaired) electrons. The second kappa shape index (κ2) is 6.28. The number of alkyl carbamates (subject to hydrolysis) is 1. The van der Waals surface area contributed by atoms with Crippen molar-refractivity contribution in [3.8, 4) is 0 Å². The monoisotopic (exact) mass is 235 g/mol. The molecule has 0 aliphatic rings. The lowest BCUT2D eigenvalue weighted by Gasteiger charge is -2.15. The van der Waals surface area contributed by atoms with Crippen LogP contribution in [0.25, 0.3) is 0 Å². The minimum Gasteiger partial charge on any atom is -0.447 e. The summed E-state index contributed by atoms with van der Waals surface area (Å²) in [6.45, 7) is 7.71. The van der Waals surface area contributed by atoms with E-state index in [1.165, 1.54) is 11.1 Å². The van der Waals surface area contributed by atoms with E-state index in [-0.39, 0.29) is 18.2 Å². The van der Waals surface area contributed by atoms with Crippen LogP contribution in [0, 0.1) is 6.92 Å². The first-order valence-electron chi connectivity index (χ1n) is 6.00. The maximum absolute atomic E-state index is 11.4. The highest BCUT2D eigenvalue weighted by atomic mass is 16.6. The Bertz CT molecular complexity index is 357. The van der Waals surface area contributed by atoms with Crippen molar-refractivity contribution < 1.29 is 9.53 Å². The number of carbonyl (C=O) groups is 1. The summed E-state index contributed by atoms with van der Waals surface area (Å²) in [5.41, 5.74) is 2.46. The van der Waals surface area contributed by atoms with Gasteiger partial charge < -0.3 is 10.1 Å². The topological polar surface area (TPSA) is 38.3 Å². The lowest BCUT2D eigenvalue weighted by atomic mass is 10.1. The third-order valence-electron chi connectivity index (χ3n) is 2.37. The van der Waals surface area contributed by atoms with E-state index in [1.807, 2.05) is 20.8 Å². The van der Waals surface area contributed by atoms with Gasteiger partial charge in [-0.25, -0.2) is 4.79 Å². The van der Waals surface area contributed by atoms with Crippen molar-refractivity contribution in [2.45, 2.75) is 46.3 Å². The molecule has 0 spiro atoms. The van der Waals surface area contributed by atoms with E-state index in [0.29, 0.717) is 0 Å². The summed E-state index contributed by atoms with van der Waals surface area (Å²) in [7, 11) is 0. The van der Waals surface area contributed by atoms with Crippen LogP contribution in [0.3, 0.4) is 0 Å². The molecule has 1 amide bonds. The van der Waals surface area contributed by atoms with Gasteiger partial charge in [-0.05, 0) is 39.7 Å². The van der Waals surface area contributed by atoms with Gasteiger partial charge in [0.15, 0.2) is 0 Å². The van der Waals surface area contributed by atoms with E-state index >= 15 is 0 Å². The van der Waals surface area contributed by atoms with Gasteiger partial charge in [0.05, 0.1) is 6.10 Å². The Balaban J connectivity index is 2.41. The van der Waals surface area contributed by atoms with E-state index in [1.54, 1.807) is 0 Å². The molecule has 0 saturated carbocycles. The van der Waals surface area contributed by atoms with Crippen molar-refractivity contribution in [2.75, 3.05) is 0 Å². The standard InChI is InChI=1S/C14H21NO2/c1-10(2)17-14(16)15-12(4)9-13-7-5-11(3)6-8-13/h5-8,10,12H,9H2,1-4H3,(H,15,16). The Morgan fingerprint density at radius 2 is 1.82 bits per heavy atom. The van der Waals surface area contributed by atoms with E-state index in [0.717, 1.165) is 6.42 Å². The quantitative estimate of drug-likeness (QED) is 0.871. The molecular weight excluding hydrogens is 214 g/mol. The SMILES string of the molecule is Cc1ccc(CC(C)NC(=O)OC(C)C)cc1. The summed E-state index contributed by atoms with van der Waals surface area (Å²) < 4.78 is 5.03. The van der Waals surface area contributed by atoms with Gasteiger partial charge in [0, 0.05) is 6.04 Å². The number of rotatable bonds is 4. The summed E-state index contributed by atoms with van der Waals surface area (Å²) in [4.78, 5) is 11.4. The number of aryl methyl sites for hydroxylation is 1. The summed E-state index contributed by atoms with van der Waals surface area (Å²) in [6.07, 6.45) is 0.384. The van der Waals surface area contributed by atoms with Crippen LogP contribution in [-0.4, -0.2) is 18.2 Å². The van der Waals surface area contributed by atoms with Crippen LogP contribution in [-0.2, 0) is 11.2 Å². The highest BCUT2D eigenvalue weighted by Crippen LogP contribution is 2.06. The van der Waals surface area contributed by atoms with Crippen LogP contribution in [0.1, 0.15) is 31.9 Å². The van der Waals surface area contributed by atoms with Crippen LogP contribution < -0.4 is 5.32 Å². The van der Waals surface area contributed by atoms with Crippen molar-refractivity contribution in [3.05, 3.63) is 35.4 Å². The Hall–Kier alpha value is -1.51. The van der Waals surface area contributed by atoms with E-state index < -0.39 is 0 Å². The minimum atomic E-state index is -0.348. The van der Waals surface area contributed by atoms with Crippen LogP contribution in [0.4, 0.5) is 4.79 Å². The summed E-state index contributed by atoms with van der Waals surface area (Å²) >= 11 is 0. The highest BCUT2D eigenvalue weighted by Gasteiger charge is 2.10. The predicted molar refractivity (Wildman–Crippen MR) is 69.1 cm³/mol. The Morgan fingerprint density at radius 3 is 2.35 bits per heavy atom. The first kappa shape index (κ1) is 13.6. The fourth-order valence-electron chi connectivity index (χ4n) is 1.58. The molecule has 0 aliphatic carbocycles. The molecule has 3 heteroatoms. The lowest BCUT2D eigenvalue weighted by molar-refractivity contribution is 0.113. The molecule has 1 rings (SSSR count). The summed E-state index contributed by atoms with van der Waals surface area (Å²) in [6, 6.07) is 8.40. The zero-order valence-electron chi connectivity index (χ0n) is 11.0. The predicted octanol–water partition coefficient (Wildman–Crippen LogP) is 3.06. The minimum absolute atomic E-state index is 0.0731. The normalized spacial score (nSPS) is 12.3. The second-order valence-electron chi connectivity index (χ2n) is 4.69. The lowest BCUT2D eigenvalue weighted by Crippen LogP contribution is -2.35. The van der Waals surface area contributed by atoms with Crippen molar-refractivity contribution in [2.24, 2.45) is 0 Å². The first-order valence-corrected chi connectivity index (χ1v) is 6.00. The fourth-order valence-corrected chi connectivity index (χ4v) is 1.58. The van der Waals surface area contributed by atoms with Crippen LogP contribution >= 0.6 is 0 Å². The number of hydrogen-bond acceptors (Lipinski definition) is 2. The van der Waals surface area contributed by atoms with Crippen molar-refractivity contribution in [3.63, 3.8) is 0 Å². The van der Waals surface area contributed by atoms with Crippen LogP contribution in [0.15, 0.2) is 24.3 Å². The molecule has 1 aromatic carbocycles. The van der Waals surface area contributed by atoms with Gasteiger partial charge >= 0.3 is 6.09 Å².